The lowest BCUT2D eigenvalue weighted by Gasteiger charge is -2.22. The molecule has 0 aliphatic carbocycles. The number of pyridine rings is 1. The summed E-state index contributed by atoms with van der Waals surface area (Å²) in [4.78, 5) is 4.29. The molecule has 3 rings (SSSR count). The van der Waals surface area contributed by atoms with Crippen molar-refractivity contribution < 1.29 is 9.47 Å². The number of hydrogen-bond donors (Lipinski definition) is 1. The van der Waals surface area contributed by atoms with Crippen molar-refractivity contribution in [1.29, 1.82) is 0 Å². The number of ether oxygens (including phenoxy) is 2. The molecule has 5 heteroatoms. The van der Waals surface area contributed by atoms with Crippen molar-refractivity contribution in [3.05, 3.63) is 23.9 Å². The molecule has 2 fully saturated rings. The zero-order valence-electron chi connectivity index (χ0n) is 11.7. The Labute approximate surface area is 124 Å². The lowest BCUT2D eigenvalue weighted by Crippen LogP contribution is -2.33. The molecular formula is C15H22N2O2S. The zero-order chi connectivity index (χ0) is 13.6. The molecular weight excluding hydrogens is 272 g/mol. The molecule has 0 radical (unpaired) electrons. The molecule has 3 heterocycles. The summed E-state index contributed by atoms with van der Waals surface area (Å²) in [7, 11) is 0. The molecule has 20 heavy (non-hydrogen) atoms. The third kappa shape index (κ3) is 4.11. The van der Waals surface area contributed by atoms with Crippen molar-refractivity contribution in [2.75, 3.05) is 24.7 Å². The lowest BCUT2D eigenvalue weighted by atomic mass is 10.1. The SMILES string of the molecule is c1cc(CN[C@H]2CCCSC2)cc(O[C@H]2CCOC2)n1. The Morgan fingerprint density at radius 3 is 3.25 bits per heavy atom. The largest absolute Gasteiger partial charge is 0.472 e. The monoisotopic (exact) mass is 294 g/mol. The van der Waals surface area contributed by atoms with E-state index in [0.717, 1.165) is 25.5 Å². The highest BCUT2D eigenvalue weighted by Gasteiger charge is 2.18. The Bertz CT molecular complexity index is 418. The van der Waals surface area contributed by atoms with Gasteiger partial charge < -0.3 is 14.8 Å². The molecule has 4 nitrogen and oxygen atoms in total. The highest BCUT2D eigenvalue weighted by Crippen LogP contribution is 2.18. The normalized spacial score (nSPS) is 26.6. The molecule has 2 saturated heterocycles. The van der Waals surface area contributed by atoms with E-state index in [9.17, 15) is 0 Å². The minimum atomic E-state index is 0.167. The second kappa shape index (κ2) is 7.29. The third-order valence-corrected chi connectivity index (χ3v) is 4.95. The van der Waals surface area contributed by atoms with E-state index >= 15 is 0 Å². The van der Waals surface area contributed by atoms with Crippen LogP contribution in [0.2, 0.25) is 0 Å². The molecule has 0 amide bonds. The number of rotatable bonds is 5. The summed E-state index contributed by atoms with van der Waals surface area (Å²) >= 11 is 2.05. The van der Waals surface area contributed by atoms with Crippen LogP contribution >= 0.6 is 11.8 Å². The van der Waals surface area contributed by atoms with Crippen LogP contribution in [-0.4, -0.2) is 41.8 Å². The van der Waals surface area contributed by atoms with Crippen molar-refractivity contribution >= 4 is 11.8 Å². The maximum atomic E-state index is 5.84. The van der Waals surface area contributed by atoms with Crippen LogP contribution < -0.4 is 10.1 Å². The first kappa shape index (κ1) is 14.2. The fraction of sp³-hybridized carbons (Fsp3) is 0.667. The second-order valence-electron chi connectivity index (χ2n) is 5.40. The summed E-state index contributed by atoms with van der Waals surface area (Å²) in [6.45, 7) is 2.37. The topological polar surface area (TPSA) is 43.4 Å². The number of thioether (sulfide) groups is 1. The van der Waals surface area contributed by atoms with E-state index in [0.29, 0.717) is 12.6 Å². The van der Waals surface area contributed by atoms with E-state index < -0.39 is 0 Å². The Kier molecular flexibility index (Phi) is 5.17. The molecule has 0 spiro atoms. The van der Waals surface area contributed by atoms with Gasteiger partial charge in [0.15, 0.2) is 0 Å². The quantitative estimate of drug-likeness (QED) is 0.902. The van der Waals surface area contributed by atoms with Crippen LogP contribution in [0.5, 0.6) is 5.88 Å². The van der Waals surface area contributed by atoms with Gasteiger partial charge in [-0.25, -0.2) is 4.98 Å². The summed E-state index contributed by atoms with van der Waals surface area (Å²) in [5.74, 6) is 3.26. The van der Waals surface area contributed by atoms with Crippen LogP contribution in [0.25, 0.3) is 0 Å². The Balaban J connectivity index is 1.50. The smallest absolute Gasteiger partial charge is 0.213 e. The van der Waals surface area contributed by atoms with Gasteiger partial charge in [0.05, 0.1) is 13.2 Å². The van der Waals surface area contributed by atoms with Crippen LogP contribution in [0.15, 0.2) is 18.3 Å². The number of aromatic nitrogens is 1. The molecule has 0 saturated carbocycles. The van der Waals surface area contributed by atoms with Crippen molar-refractivity contribution in [3.8, 4) is 5.88 Å². The van der Waals surface area contributed by atoms with Crippen LogP contribution in [0, 0.1) is 0 Å². The van der Waals surface area contributed by atoms with Gasteiger partial charge >= 0.3 is 0 Å². The molecule has 1 aromatic heterocycles. The maximum Gasteiger partial charge on any atom is 0.213 e. The van der Waals surface area contributed by atoms with Gasteiger partial charge in [-0.2, -0.15) is 11.8 Å². The van der Waals surface area contributed by atoms with E-state index in [1.165, 1.54) is 29.9 Å². The van der Waals surface area contributed by atoms with E-state index in [-0.39, 0.29) is 6.10 Å². The Hall–Kier alpha value is -0.780. The van der Waals surface area contributed by atoms with Crippen molar-refractivity contribution in [2.45, 2.75) is 38.0 Å². The Morgan fingerprint density at radius 1 is 1.45 bits per heavy atom. The first-order valence-corrected chi connectivity index (χ1v) is 8.56. The summed E-state index contributed by atoms with van der Waals surface area (Å²) in [6.07, 6.45) is 5.58. The van der Waals surface area contributed by atoms with Crippen LogP contribution in [0.4, 0.5) is 0 Å². The first-order valence-electron chi connectivity index (χ1n) is 7.40. The predicted molar refractivity (Wildman–Crippen MR) is 81.3 cm³/mol. The lowest BCUT2D eigenvalue weighted by molar-refractivity contribution is 0.138. The standard InChI is InChI=1S/C15H22N2O2S/c1-2-13(11-20-7-1)17-9-12-3-5-16-15(8-12)19-14-4-6-18-10-14/h3,5,8,13-14,17H,1-2,4,6-7,9-11H2/t13-,14-/m0/s1. The molecule has 2 aliphatic heterocycles. The molecule has 110 valence electrons. The average molecular weight is 294 g/mol. The van der Waals surface area contributed by atoms with Crippen molar-refractivity contribution in [1.82, 2.24) is 10.3 Å². The molecule has 0 aromatic carbocycles. The number of nitrogens with zero attached hydrogens (tertiary/aromatic N) is 1. The van der Waals surface area contributed by atoms with Gasteiger partial charge in [-0.3, -0.25) is 0 Å². The van der Waals surface area contributed by atoms with Crippen molar-refractivity contribution in [3.63, 3.8) is 0 Å². The average Bonchev–Trinajstić information content (AvgIpc) is 3.00. The number of hydrogen-bond acceptors (Lipinski definition) is 5. The summed E-state index contributed by atoms with van der Waals surface area (Å²) < 4.78 is 11.2. The van der Waals surface area contributed by atoms with Gasteiger partial charge in [0.2, 0.25) is 5.88 Å². The summed E-state index contributed by atoms with van der Waals surface area (Å²) in [5, 5.41) is 3.63. The van der Waals surface area contributed by atoms with Gasteiger partial charge in [-0.15, -0.1) is 0 Å². The summed E-state index contributed by atoms with van der Waals surface area (Å²) in [5.41, 5.74) is 1.24. The molecule has 2 atom stereocenters. The van der Waals surface area contributed by atoms with E-state index in [2.05, 4.69) is 16.4 Å². The fourth-order valence-electron chi connectivity index (χ4n) is 2.57. The van der Waals surface area contributed by atoms with Crippen LogP contribution in [0.3, 0.4) is 0 Å². The highest BCUT2D eigenvalue weighted by molar-refractivity contribution is 7.99. The second-order valence-corrected chi connectivity index (χ2v) is 6.55. The minimum Gasteiger partial charge on any atom is -0.472 e. The van der Waals surface area contributed by atoms with Gasteiger partial charge in [0, 0.05) is 37.0 Å². The van der Waals surface area contributed by atoms with Gasteiger partial charge in [0.1, 0.15) is 6.10 Å². The van der Waals surface area contributed by atoms with Gasteiger partial charge in [-0.1, -0.05) is 0 Å². The summed E-state index contributed by atoms with van der Waals surface area (Å²) in [6, 6.07) is 4.75. The van der Waals surface area contributed by atoms with Crippen molar-refractivity contribution in [2.24, 2.45) is 0 Å². The fourth-order valence-corrected chi connectivity index (χ4v) is 3.67. The molecule has 2 aliphatic rings. The zero-order valence-corrected chi connectivity index (χ0v) is 12.5. The van der Waals surface area contributed by atoms with Gasteiger partial charge in [-0.05, 0) is 30.2 Å². The molecule has 0 bridgehead atoms. The molecule has 0 unspecified atom stereocenters. The van der Waals surface area contributed by atoms with E-state index in [4.69, 9.17) is 9.47 Å². The van der Waals surface area contributed by atoms with E-state index in [1.54, 1.807) is 0 Å². The Morgan fingerprint density at radius 2 is 2.45 bits per heavy atom. The predicted octanol–water partition coefficient (Wildman–Crippen LogP) is 2.23. The first-order chi connectivity index (χ1) is 9.90. The number of nitrogens with one attached hydrogen (secondary N) is 1. The maximum absolute atomic E-state index is 5.84. The molecule has 1 N–H and O–H groups in total. The van der Waals surface area contributed by atoms with Crippen LogP contribution in [-0.2, 0) is 11.3 Å². The minimum absolute atomic E-state index is 0.167. The molecule has 1 aromatic rings. The highest BCUT2D eigenvalue weighted by atomic mass is 32.2. The third-order valence-electron chi connectivity index (χ3n) is 3.73. The van der Waals surface area contributed by atoms with Crippen LogP contribution in [0.1, 0.15) is 24.8 Å². The van der Waals surface area contributed by atoms with Gasteiger partial charge in [0.25, 0.3) is 0 Å². The van der Waals surface area contributed by atoms with E-state index in [1.807, 2.05) is 24.0 Å².